The molecule has 142 valence electrons. The number of methoxy groups -OCH3 is 1. The summed E-state index contributed by atoms with van der Waals surface area (Å²) in [4.78, 5) is 11.6. The maximum Gasteiger partial charge on any atom is 0.342 e. The first-order chi connectivity index (χ1) is 12.0. The second kappa shape index (κ2) is 11.3. The summed E-state index contributed by atoms with van der Waals surface area (Å²) < 4.78 is 29.0. The normalized spacial score (nSPS) is 13.3. The van der Waals surface area contributed by atoms with Crippen molar-refractivity contribution in [1.82, 2.24) is 5.09 Å². The molecular weight excluding hydrogens is 341 g/mol. The minimum absolute atomic E-state index is 0.127. The minimum Gasteiger partial charge on any atom is -0.465 e. The number of hydrogen-bond donors (Lipinski definition) is 1. The Balaban J connectivity index is 3.06. The Morgan fingerprint density at radius 1 is 1.12 bits per heavy atom. The van der Waals surface area contributed by atoms with Gasteiger partial charge in [0.05, 0.1) is 6.61 Å². The lowest BCUT2D eigenvalue weighted by Gasteiger charge is -2.23. The quantitative estimate of drug-likeness (QED) is 0.443. The SMILES string of the molecule is CCCc1cccc(CCC)c1OP(=O)(COC)NCC(=O)OCC. The van der Waals surface area contributed by atoms with Crippen LogP contribution >= 0.6 is 7.52 Å². The molecule has 0 heterocycles. The fraction of sp³-hybridized carbons (Fsp3) is 0.611. The Kier molecular flexibility index (Phi) is 9.79. The number of para-hydroxylation sites is 1. The van der Waals surface area contributed by atoms with Crippen molar-refractivity contribution < 1.29 is 23.4 Å². The molecule has 6 nitrogen and oxygen atoms in total. The van der Waals surface area contributed by atoms with Crippen LogP contribution in [0.4, 0.5) is 0 Å². The average molecular weight is 371 g/mol. The van der Waals surface area contributed by atoms with E-state index in [9.17, 15) is 9.36 Å². The van der Waals surface area contributed by atoms with E-state index in [0.29, 0.717) is 5.75 Å². The maximum atomic E-state index is 13.1. The molecule has 0 aliphatic carbocycles. The molecular formula is C18H30NO5P. The Labute approximate surface area is 150 Å². The third kappa shape index (κ3) is 7.18. The molecule has 0 saturated heterocycles. The highest BCUT2D eigenvalue weighted by Gasteiger charge is 2.28. The van der Waals surface area contributed by atoms with Gasteiger partial charge in [0.1, 0.15) is 18.6 Å². The zero-order valence-electron chi connectivity index (χ0n) is 15.7. The number of rotatable bonds is 12. The van der Waals surface area contributed by atoms with Crippen molar-refractivity contribution in [3.63, 3.8) is 0 Å². The zero-order chi connectivity index (χ0) is 18.7. The standard InChI is InChI=1S/C18H30NO5P/c1-5-9-15-11-8-12-16(10-6-2)18(15)24-25(21,14-22-4)19-13-17(20)23-7-3/h8,11-12H,5-7,9-10,13-14H2,1-4H3,(H,19,21). The summed E-state index contributed by atoms with van der Waals surface area (Å²) >= 11 is 0. The highest BCUT2D eigenvalue weighted by Crippen LogP contribution is 2.45. The van der Waals surface area contributed by atoms with Crippen LogP contribution in [-0.2, 0) is 31.7 Å². The molecule has 7 heteroatoms. The molecule has 25 heavy (non-hydrogen) atoms. The number of nitrogens with one attached hydrogen (secondary N) is 1. The maximum absolute atomic E-state index is 13.1. The summed E-state index contributed by atoms with van der Waals surface area (Å²) in [7, 11) is -1.94. The molecule has 1 aromatic rings. The van der Waals surface area contributed by atoms with E-state index in [-0.39, 0.29) is 19.5 Å². The van der Waals surface area contributed by atoms with Crippen LogP contribution < -0.4 is 9.61 Å². The third-order valence-electron chi connectivity index (χ3n) is 3.52. The molecule has 0 fully saturated rings. The van der Waals surface area contributed by atoms with E-state index >= 15 is 0 Å². The molecule has 1 N–H and O–H groups in total. The first kappa shape index (κ1) is 21.7. The van der Waals surface area contributed by atoms with Gasteiger partial charge in [-0.3, -0.25) is 9.36 Å². The Morgan fingerprint density at radius 2 is 1.72 bits per heavy atom. The van der Waals surface area contributed by atoms with Crippen molar-refractivity contribution in [1.29, 1.82) is 0 Å². The molecule has 0 aliphatic heterocycles. The van der Waals surface area contributed by atoms with Crippen LogP contribution in [0.5, 0.6) is 5.75 Å². The number of benzene rings is 1. The van der Waals surface area contributed by atoms with Crippen molar-refractivity contribution >= 4 is 13.5 Å². The Hall–Kier alpha value is -1.36. The van der Waals surface area contributed by atoms with E-state index in [4.69, 9.17) is 14.0 Å². The molecule has 0 spiro atoms. The summed E-state index contributed by atoms with van der Waals surface area (Å²) in [6, 6.07) is 5.97. The lowest BCUT2D eigenvalue weighted by molar-refractivity contribution is -0.141. The largest absolute Gasteiger partial charge is 0.465 e. The van der Waals surface area contributed by atoms with Crippen molar-refractivity contribution in [2.75, 3.05) is 26.6 Å². The molecule has 1 aromatic carbocycles. The predicted molar refractivity (Wildman–Crippen MR) is 99.2 cm³/mol. The van der Waals surface area contributed by atoms with Gasteiger partial charge in [-0.2, -0.15) is 0 Å². The van der Waals surface area contributed by atoms with Gasteiger partial charge in [0, 0.05) is 7.11 Å². The molecule has 0 bridgehead atoms. The number of aryl methyl sites for hydroxylation is 2. The van der Waals surface area contributed by atoms with Crippen LogP contribution in [0.2, 0.25) is 0 Å². The molecule has 0 aromatic heterocycles. The van der Waals surface area contributed by atoms with Crippen LogP contribution in [0.1, 0.15) is 44.7 Å². The van der Waals surface area contributed by atoms with Crippen LogP contribution in [-0.4, -0.2) is 32.6 Å². The number of hydrogen-bond acceptors (Lipinski definition) is 5. The van der Waals surface area contributed by atoms with Crippen molar-refractivity contribution in [2.24, 2.45) is 0 Å². The molecule has 0 saturated carbocycles. The summed E-state index contributed by atoms with van der Waals surface area (Å²) in [6.45, 7) is 5.98. The summed E-state index contributed by atoms with van der Waals surface area (Å²) in [5, 5.41) is 2.70. The molecule has 0 aliphatic rings. The van der Waals surface area contributed by atoms with Crippen molar-refractivity contribution in [3.05, 3.63) is 29.3 Å². The predicted octanol–water partition coefficient (Wildman–Crippen LogP) is 3.92. The molecule has 1 atom stereocenters. The fourth-order valence-electron chi connectivity index (χ4n) is 2.51. The van der Waals surface area contributed by atoms with Gasteiger partial charge in [-0.05, 0) is 30.9 Å². The summed E-state index contributed by atoms with van der Waals surface area (Å²) in [5.41, 5.74) is 2.03. The highest BCUT2D eigenvalue weighted by atomic mass is 31.2. The number of esters is 1. The molecule has 1 unspecified atom stereocenters. The summed E-state index contributed by atoms with van der Waals surface area (Å²) in [6.07, 6.45) is 3.45. The number of carbonyl (C=O) groups excluding carboxylic acids is 1. The van der Waals surface area contributed by atoms with Gasteiger partial charge < -0.3 is 14.0 Å². The van der Waals surface area contributed by atoms with Gasteiger partial charge in [-0.25, -0.2) is 5.09 Å². The zero-order valence-corrected chi connectivity index (χ0v) is 16.6. The lowest BCUT2D eigenvalue weighted by atomic mass is 10.0. The monoisotopic (exact) mass is 371 g/mol. The van der Waals surface area contributed by atoms with E-state index in [0.717, 1.165) is 36.8 Å². The van der Waals surface area contributed by atoms with E-state index in [2.05, 4.69) is 18.9 Å². The van der Waals surface area contributed by atoms with Gasteiger partial charge in [0.2, 0.25) is 0 Å². The van der Waals surface area contributed by atoms with Crippen LogP contribution in [0, 0.1) is 0 Å². The van der Waals surface area contributed by atoms with E-state index < -0.39 is 13.5 Å². The average Bonchev–Trinajstić information content (AvgIpc) is 2.57. The van der Waals surface area contributed by atoms with Gasteiger partial charge in [0.25, 0.3) is 0 Å². The second-order valence-electron chi connectivity index (χ2n) is 5.73. The molecule has 1 rings (SSSR count). The second-order valence-corrected chi connectivity index (χ2v) is 7.83. The third-order valence-corrected chi connectivity index (χ3v) is 5.24. The molecule has 0 radical (unpaired) electrons. The van der Waals surface area contributed by atoms with Crippen LogP contribution in [0.3, 0.4) is 0 Å². The van der Waals surface area contributed by atoms with Gasteiger partial charge in [-0.1, -0.05) is 44.9 Å². The van der Waals surface area contributed by atoms with E-state index in [1.54, 1.807) is 6.92 Å². The smallest absolute Gasteiger partial charge is 0.342 e. The van der Waals surface area contributed by atoms with Crippen molar-refractivity contribution in [3.8, 4) is 5.75 Å². The van der Waals surface area contributed by atoms with E-state index in [1.807, 2.05) is 18.2 Å². The van der Waals surface area contributed by atoms with Gasteiger partial charge >= 0.3 is 13.5 Å². The van der Waals surface area contributed by atoms with E-state index in [1.165, 1.54) is 7.11 Å². The minimum atomic E-state index is -3.39. The number of carbonyl (C=O) groups is 1. The van der Waals surface area contributed by atoms with Crippen LogP contribution in [0.25, 0.3) is 0 Å². The van der Waals surface area contributed by atoms with Crippen LogP contribution in [0.15, 0.2) is 18.2 Å². The fourth-order valence-corrected chi connectivity index (χ4v) is 3.95. The summed E-state index contributed by atoms with van der Waals surface area (Å²) in [5.74, 6) is 0.168. The van der Waals surface area contributed by atoms with Crippen molar-refractivity contribution in [2.45, 2.75) is 46.5 Å². The Bertz CT molecular complexity index is 567. The highest BCUT2D eigenvalue weighted by molar-refractivity contribution is 7.57. The Morgan fingerprint density at radius 3 is 2.20 bits per heavy atom. The first-order valence-corrected chi connectivity index (χ1v) is 10.6. The first-order valence-electron chi connectivity index (χ1n) is 8.78. The van der Waals surface area contributed by atoms with Gasteiger partial charge in [0.15, 0.2) is 0 Å². The molecule has 0 amide bonds. The lowest BCUT2D eigenvalue weighted by Crippen LogP contribution is -2.26. The number of ether oxygens (including phenoxy) is 2. The topological polar surface area (TPSA) is 73.9 Å². The van der Waals surface area contributed by atoms with Gasteiger partial charge in [-0.15, -0.1) is 0 Å².